The molecule has 0 atom stereocenters. The molecule has 0 unspecified atom stereocenters. The van der Waals surface area contributed by atoms with Gasteiger partial charge in [0.05, 0.1) is 6.54 Å². The lowest BCUT2D eigenvalue weighted by Crippen LogP contribution is -2.45. The normalized spacial score (nSPS) is 31.8. The third-order valence-electron chi connectivity index (χ3n) is 7.00. The topological polar surface area (TPSA) is 53.8 Å². The predicted molar refractivity (Wildman–Crippen MR) is 105 cm³/mol. The summed E-state index contributed by atoms with van der Waals surface area (Å²) < 4.78 is 0. The molecule has 1 aromatic rings. The summed E-state index contributed by atoms with van der Waals surface area (Å²) >= 11 is 0. The van der Waals surface area contributed by atoms with E-state index >= 15 is 0 Å². The van der Waals surface area contributed by atoms with Crippen LogP contribution in [-0.4, -0.2) is 12.3 Å². The van der Waals surface area contributed by atoms with Gasteiger partial charge in [-0.2, -0.15) is 5.11 Å². The number of rotatable bonds is 1. The van der Waals surface area contributed by atoms with Crippen LogP contribution < -0.4 is 5.32 Å². The van der Waals surface area contributed by atoms with E-state index in [1.54, 1.807) is 0 Å². The van der Waals surface area contributed by atoms with Crippen molar-refractivity contribution in [1.29, 1.82) is 0 Å². The van der Waals surface area contributed by atoms with E-state index in [1.165, 1.54) is 11.1 Å². The molecular formula is C23H27N3O. The molecule has 2 aliphatic carbocycles. The zero-order chi connectivity index (χ0) is 18.6. The maximum Gasteiger partial charge on any atom is 0.162 e. The number of fused-ring (bicyclic) bond motifs is 2. The number of Topliss-reactive ketones (excluding diaryl/α,β-unsaturated/α-hetero) is 1. The van der Waals surface area contributed by atoms with Gasteiger partial charge in [-0.3, -0.25) is 4.79 Å². The average Bonchev–Trinajstić information content (AvgIpc) is 3.11. The second kappa shape index (κ2) is 5.88. The molecule has 140 valence electrons. The molecule has 1 spiro atoms. The standard InChI is InChI=1S/C23H27N3O/c1-22(2)12-18-20(19(27)13-22)23(17-14-24-26-21(17)25-18)10-8-16(9-11-23)15-6-4-3-5-7-15/h3-7,16,25H,8-14H2,1-2H3. The van der Waals surface area contributed by atoms with E-state index in [9.17, 15) is 4.79 Å². The van der Waals surface area contributed by atoms with Crippen LogP contribution in [-0.2, 0) is 4.79 Å². The first-order chi connectivity index (χ1) is 13.0. The van der Waals surface area contributed by atoms with Crippen molar-refractivity contribution in [3.63, 3.8) is 0 Å². The molecule has 0 radical (unpaired) electrons. The summed E-state index contributed by atoms with van der Waals surface area (Å²) in [7, 11) is 0. The lowest BCUT2D eigenvalue weighted by atomic mass is 9.56. The Balaban J connectivity index is 1.52. The van der Waals surface area contributed by atoms with Crippen LogP contribution in [0.2, 0.25) is 0 Å². The van der Waals surface area contributed by atoms with Gasteiger partial charge in [0.2, 0.25) is 0 Å². The van der Waals surface area contributed by atoms with Crippen LogP contribution in [0.5, 0.6) is 0 Å². The van der Waals surface area contributed by atoms with Gasteiger partial charge in [0, 0.05) is 28.7 Å². The van der Waals surface area contributed by atoms with Crippen LogP contribution in [0.1, 0.15) is 63.9 Å². The highest BCUT2D eigenvalue weighted by molar-refractivity contribution is 6.00. The van der Waals surface area contributed by atoms with Crippen LogP contribution in [0.3, 0.4) is 0 Å². The number of allylic oxidation sites excluding steroid dienone is 2. The molecule has 4 aliphatic rings. The largest absolute Gasteiger partial charge is 0.342 e. The third kappa shape index (κ3) is 2.60. The summed E-state index contributed by atoms with van der Waals surface area (Å²) in [6, 6.07) is 10.8. The number of ketones is 1. The van der Waals surface area contributed by atoms with Crippen molar-refractivity contribution >= 4 is 5.78 Å². The molecule has 1 saturated carbocycles. The number of benzene rings is 1. The van der Waals surface area contributed by atoms with Gasteiger partial charge in [-0.05, 0) is 49.0 Å². The van der Waals surface area contributed by atoms with Crippen molar-refractivity contribution in [2.45, 2.75) is 58.3 Å². The maximum atomic E-state index is 13.3. The number of carbonyl (C=O) groups is 1. The van der Waals surface area contributed by atoms with E-state index in [2.05, 4.69) is 59.7 Å². The summed E-state index contributed by atoms with van der Waals surface area (Å²) in [4.78, 5) is 13.3. The van der Waals surface area contributed by atoms with Gasteiger partial charge in [0.25, 0.3) is 0 Å². The SMILES string of the molecule is CC1(C)CC(=O)C2=C(C1)NC1=C(CN=N1)C21CCC(c2ccccc2)CC1. The zero-order valence-electron chi connectivity index (χ0n) is 16.2. The van der Waals surface area contributed by atoms with E-state index in [0.29, 0.717) is 24.7 Å². The Morgan fingerprint density at radius 2 is 1.81 bits per heavy atom. The number of nitrogens with zero attached hydrogens (tertiary/aromatic N) is 2. The van der Waals surface area contributed by atoms with E-state index in [0.717, 1.165) is 49.2 Å². The number of azo groups is 1. The fourth-order valence-corrected chi connectivity index (χ4v) is 5.79. The average molecular weight is 361 g/mol. The van der Waals surface area contributed by atoms with Crippen molar-refractivity contribution in [3.8, 4) is 0 Å². The van der Waals surface area contributed by atoms with Crippen LogP contribution >= 0.6 is 0 Å². The highest BCUT2D eigenvalue weighted by Gasteiger charge is 2.52. The van der Waals surface area contributed by atoms with Crippen molar-refractivity contribution < 1.29 is 4.79 Å². The van der Waals surface area contributed by atoms with Gasteiger partial charge in [-0.25, -0.2) is 0 Å². The van der Waals surface area contributed by atoms with Crippen LogP contribution in [0.4, 0.5) is 0 Å². The highest BCUT2D eigenvalue weighted by atomic mass is 16.1. The molecule has 0 amide bonds. The van der Waals surface area contributed by atoms with Gasteiger partial charge in [-0.15, -0.1) is 5.11 Å². The quantitative estimate of drug-likeness (QED) is 0.742. The number of carbonyl (C=O) groups excluding carboxylic acids is 1. The van der Waals surface area contributed by atoms with E-state index in [-0.39, 0.29) is 10.8 Å². The van der Waals surface area contributed by atoms with Gasteiger partial charge in [-0.1, -0.05) is 44.2 Å². The number of hydrogen-bond acceptors (Lipinski definition) is 4. The summed E-state index contributed by atoms with van der Waals surface area (Å²) in [5, 5.41) is 12.2. The molecule has 2 heterocycles. The van der Waals surface area contributed by atoms with E-state index < -0.39 is 0 Å². The minimum Gasteiger partial charge on any atom is -0.342 e. The Labute approximate surface area is 160 Å². The molecule has 5 rings (SSSR count). The van der Waals surface area contributed by atoms with Crippen LogP contribution in [0.15, 0.2) is 63.2 Å². The molecule has 2 aliphatic heterocycles. The first kappa shape index (κ1) is 16.9. The molecule has 1 N–H and O–H groups in total. The van der Waals surface area contributed by atoms with Crippen molar-refractivity contribution in [2.24, 2.45) is 21.1 Å². The lowest BCUT2D eigenvalue weighted by molar-refractivity contribution is -0.119. The molecule has 4 nitrogen and oxygen atoms in total. The Kier molecular flexibility index (Phi) is 3.68. The molecule has 0 saturated heterocycles. The minimum atomic E-state index is -0.141. The smallest absolute Gasteiger partial charge is 0.162 e. The monoisotopic (exact) mass is 361 g/mol. The Morgan fingerprint density at radius 3 is 2.56 bits per heavy atom. The van der Waals surface area contributed by atoms with Crippen molar-refractivity contribution in [2.75, 3.05) is 6.54 Å². The number of dihydropyridines is 1. The molecule has 0 bridgehead atoms. The Hall–Kier alpha value is -2.23. The summed E-state index contributed by atoms with van der Waals surface area (Å²) in [6.07, 6.45) is 5.87. The van der Waals surface area contributed by atoms with Gasteiger partial charge >= 0.3 is 0 Å². The molecule has 1 fully saturated rings. The molecule has 1 aromatic carbocycles. The zero-order valence-corrected chi connectivity index (χ0v) is 16.2. The summed E-state index contributed by atoms with van der Waals surface area (Å²) in [5.41, 5.74) is 4.76. The predicted octanol–water partition coefficient (Wildman–Crippen LogP) is 5.25. The van der Waals surface area contributed by atoms with Crippen LogP contribution in [0.25, 0.3) is 0 Å². The number of hydrogen-bond donors (Lipinski definition) is 1. The first-order valence-corrected chi connectivity index (χ1v) is 10.2. The third-order valence-corrected chi connectivity index (χ3v) is 7.00. The van der Waals surface area contributed by atoms with Crippen LogP contribution in [0, 0.1) is 10.8 Å². The fraction of sp³-hybridized carbons (Fsp3) is 0.522. The van der Waals surface area contributed by atoms with Crippen molar-refractivity contribution in [3.05, 3.63) is 58.6 Å². The van der Waals surface area contributed by atoms with E-state index in [1.807, 2.05) is 0 Å². The van der Waals surface area contributed by atoms with Gasteiger partial charge < -0.3 is 5.32 Å². The first-order valence-electron chi connectivity index (χ1n) is 10.2. The molecule has 27 heavy (non-hydrogen) atoms. The highest BCUT2D eigenvalue weighted by Crippen LogP contribution is 2.58. The number of nitrogens with one attached hydrogen (secondary N) is 1. The minimum absolute atomic E-state index is 0.0131. The molecule has 0 aromatic heterocycles. The van der Waals surface area contributed by atoms with Gasteiger partial charge in [0.1, 0.15) is 0 Å². The summed E-state index contributed by atoms with van der Waals surface area (Å²) in [6.45, 7) is 5.02. The lowest BCUT2D eigenvalue weighted by Gasteiger charge is -2.48. The second-order valence-electron chi connectivity index (χ2n) is 9.41. The Morgan fingerprint density at radius 1 is 1.07 bits per heavy atom. The van der Waals surface area contributed by atoms with Crippen molar-refractivity contribution in [1.82, 2.24) is 5.32 Å². The second-order valence-corrected chi connectivity index (χ2v) is 9.41. The fourth-order valence-electron chi connectivity index (χ4n) is 5.79. The Bertz CT molecular complexity index is 883. The van der Waals surface area contributed by atoms with Gasteiger partial charge in [0.15, 0.2) is 11.6 Å². The maximum absolute atomic E-state index is 13.3. The summed E-state index contributed by atoms with van der Waals surface area (Å²) in [5.74, 6) is 1.85. The van der Waals surface area contributed by atoms with E-state index in [4.69, 9.17) is 0 Å². The molecular weight excluding hydrogens is 334 g/mol. The molecule has 4 heteroatoms.